The zero-order valence-corrected chi connectivity index (χ0v) is 20.4. The van der Waals surface area contributed by atoms with E-state index in [1.54, 1.807) is 6.08 Å². The molecule has 25 heavy (non-hydrogen) atoms. The minimum Gasteiger partial charge on any atom is -0.413 e. The summed E-state index contributed by atoms with van der Waals surface area (Å²) in [4.78, 5) is 0. The maximum atomic E-state index is 10.5. The molecule has 0 fully saturated rings. The molecule has 3 nitrogen and oxygen atoms in total. The van der Waals surface area contributed by atoms with Crippen LogP contribution in [0.1, 0.15) is 48.5 Å². The predicted octanol–water partition coefficient (Wildman–Crippen LogP) is 5.89. The van der Waals surface area contributed by atoms with Gasteiger partial charge in [-0.3, -0.25) is 0 Å². The second-order valence-electron chi connectivity index (χ2n) is 9.86. The first-order valence-electron chi connectivity index (χ1n) is 9.34. The van der Waals surface area contributed by atoms with Crippen molar-refractivity contribution in [3.8, 4) is 0 Å². The number of rotatable bonds is 8. The maximum Gasteiger partial charge on any atom is 0.193 e. The van der Waals surface area contributed by atoms with Crippen molar-refractivity contribution < 1.29 is 14.0 Å². The quantitative estimate of drug-likeness (QED) is 0.417. The number of aliphatic hydroxyl groups excluding tert-OH is 1. The fourth-order valence-electron chi connectivity index (χ4n) is 1.71. The van der Waals surface area contributed by atoms with E-state index < -0.39 is 22.7 Å². The molecule has 0 rings (SSSR count). The number of allylic oxidation sites excluding steroid dienone is 1. The highest BCUT2D eigenvalue weighted by atomic mass is 28.4. The van der Waals surface area contributed by atoms with Gasteiger partial charge in [0.15, 0.2) is 16.6 Å². The van der Waals surface area contributed by atoms with Gasteiger partial charge in [0.1, 0.15) is 6.10 Å². The third-order valence-corrected chi connectivity index (χ3v) is 14.6. The number of aliphatic hydroxyl groups is 1. The van der Waals surface area contributed by atoms with E-state index in [1.807, 2.05) is 25.2 Å². The summed E-state index contributed by atoms with van der Waals surface area (Å²) in [6.07, 6.45) is 6.66. The van der Waals surface area contributed by atoms with Crippen molar-refractivity contribution in [2.75, 3.05) is 6.61 Å². The van der Waals surface area contributed by atoms with Crippen molar-refractivity contribution in [1.29, 1.82) is 0 Å². The van der Waals surface area contributed by atoms with Gasteiger partial charge in [-0.1, -0.05) is 65.8 Å². The molecule has 0 radical (unpaired) electrons. The average molecular weight is 387 g/mol. The predicted molar refractivity (Wildman–Crippen MR) is 115 cm³/mol. The van der Waals surface area contributed by atoms with Gasteiger partial charge >= 0.3 is 0 Å². The van der Waals surface area contributed by atoms with Crippen LogP contribution in [0.5, 0.6) is 0 Å². The second kappa shape index (κ2) is 9.13. The Balaban J connectivity index is 5.10. The Hall–Kier alpha value is -0.206. The van der Waals surface area contributed by atoms with Crippen molar-refractivity contribution in [3.63, 3.8) is 0 Å². The van der Waals surface area contributed by atoms with Crippen molar-refractivity contribution in [1.82, 2.24) is 0 Å². The highest BCUT2D eigenvalue weighted by Crippen LogP contribution is 2.38. The zero-order chi connectivity index (χ0) is 20.1. The highest BCUT2D eigenvalue weighted by molar-refractivity contribution is 6.74. The Morgan fingerprint density at radius 2 is 1.36 bits per heavy atom. The normalized spacial score (nSPS) is 17.4. The first-order chi connectivity index (χ1) is 11.0. The number of hydrogen-bond acceptors (Lipinski definition) is 3. The number of hydrogen-bond donors (Lipinski definition) is 1. The summed E-state index contributed by atoms with van der Waals surface area (Å²) in [5.41, 5.74) is 0. The molecule has 0 spiro atoms. The Kier molecular flexibility index (Phi) is 9.06. The van der Waals surface area contributed by atoms with Crippen LogP contribution in [0.15, 0.2) is 24.3 Å². The smallest absolute Gasteiger partial charge is 0.193 e. The van der Waals surface area contributed by atoms with Crippen LogP contribution < -0.4 is 0 Å². The van der Waals surface area contributed by atoms with Crippen LogP contribution in [0.4, 0.5) is 0 Å². The van der Waals surface area contributed by atoms with Crippen LogP contribution in [0.2, 0.25) is 36.3 Å². The first-order valence-corrected chi connectivity index (χ1v) is 15.2. The van der Waals surface area contributed by atoms with Crippen LogP contribution in [-0.4, -0.2) is 40.6 Å². The summed E-state index contributed by atoms with van der Waals surface area (Å²) in [7, 11) is -3.72. The van der Waals surface area contributed by atoms with Gasteiger partial charge in [0.05, 0.1) is 12.7 Å². The van der Waals surface area contributed by atoms with Crippen LogP contribution in [0.3, 0.4) is 0 Å². The van der Waals surface area contributed by atoms with E-state index in [1.165, 1.54) is 0 Å². The molecule has 0 unspecified atom stereocenters. The lowest BCUT2D eigenvalue weighted by atomic mass is 10.2. The lowest BCUT2D eigenvalue weighted by Gasteiger charge is -2.39. The lowest BCUT2D eigenvalue weighted by molar-refractivity contribution is 0.0870. The standard InChI is InChI=1S/C20H42O3Si2/c1-12-14-17(21)18(23-25(10,11)20(5,6)7)15-13-16-22-24(8,9)19(2,3)4/h12-15,17-18,21H,16H2,1-11H3/b14-12+,15-13+/t17-,18+/m0/s1. The molecule has 0 saturated heterocycles. The van der Waals surface area contributed by atoms with Gasteiger partial charge in [-0.05, 0) is 43.2 Å². The van der Waals surface area contributed by atoms with E-state index in [4.69, 9.17) is 8.85 Å². The third-order valence-electron chi connectivity index (χ3n) is 5.64. The molecule has 0 aliphatic carbocycles. The monoisotopic (exact) mass is 386 g/mol. The minimum absolute atomic E-state index is 0.104. The Morgan fingerprint density at radius 3 is 1.76 bits per heavy atom. The van der Waals surface area contributed by atoms with E-state index in [0.29, 0.717) is 6.61 Å². The summed E-state index contributed by atoms with van der Waals surface area (Å²) in [5, 5.41) is 10.8. The Bertz CT molecular complexity index is 455. The molecule has 2 atom stereocenters. The van der Waals surface area contributed by atoms with Gasteiger partial charge in [0, 0.05) is 0 Å². The van der Waals surface area contributed by atoms with Gasteiger partial charge in [0.25, 0.3) is 0 Å². The van der Waals surface area contributed by atoms with Gasteiger partial charge in [-0.2, -0.15) is 0 Å². The molecule has 0 amide bonds. The first kappa shape index (κ1) is 24.8. The summed E-state index contributed by atoms with van der Waals surface area (Å²) < 4.78 is 12.6. The summed E-state index contributed by atoms with van der Waals surface area (Å²) in [6.45, 7) is 24.7. The summed E-state index contributed by atoms with van der Waals surface area (Å²) in [6, 6.07) is 0. The van der Waals surface area contributed by atoms with E-state index in [9.17, 15) is 5.11 Å². The summed E-state index contributed by atoms with van der Waals surface area (Å²) >= 11 is 0. The largest absolute Gasteiger partial charge is 0.413 e. The van der Waals surface area contributed by atoms with Crippen LogP contribution in [0, 0.1) is 0 Å². The Labute approximate surface area is 158 Å². The topological polar surface area (TPSA) is 38.7 Å². The molecule has 0 saturated carbocycles. The van der Waals surface area contributed by atoms with Crippen molar-refractivity contribution in [2.24, 2.45) is 0 Å². The molecule has 0 bridgehead atoms. The molecule has 148 valence electrons. The molecule has 0 aromatic rings. The van der Waals surface area contributed by atoms with E-state index in [0.717, 1.165) is 0 Å². The molecule has 1 N–H and O–H groups in total. The third kappa shape index (κ3) is 7.91. The molecular weight excluding hydrogens is 344 g/mol. The van der Waals surface area contributed by atoms with Gasteiger partial charge < -0.3 is 14.0 Å². The molecule has 5 heteroatoms. The van der Waals surface area contributed by atoms with Crippen LogP contribution in [0.25, 0.3) is 0 Å². The molecule has 0 aromatic heterocycles. The molecule has 0 aromatic carbocycles. The molecule has 0 aliphatic rings. The SMILES string of the molecule is C/C=C/[C@H](O)[C@@H](/C=C/CO[Si](C)(C)C(C)(C)C)O[Si](C)(C)C(C)(C)C. The van der Waals surface area contributed by atoms with Crippen molar-refractivity contribution >= 4 is 16.6 Å². The maximum absolute atomic E-state index is 10.5. The minimum atomic E-state index is -1.96. The van der Waals surface area contributed by atoms with Gasteiger partial charge in [-0.25, -0.2) is 0 Å². The van der Waals surface area contributed by atoms with Crippen LogP contribution >= 0.6 is 0 Å². The van der Waals surface area contributed by atoms with Gasteiger partial charge in [0.2, 0.25) is 0 Å². The van der Waals surface area contributed by atoms with E-state index >= 15 is 0 Å². The van der Waals surface area contributed by atoms with Gasteiger partial charge in [-0.15, -0.1) is 0 Å². The van der Waals surface area contributed by atoms with E-state index in [-0.39, 0.29) is 16.2 Å². The lowest BCUT2D eigenvalue weighted by Crippen LogP contribution is -2.46. The molecule has 0 heterocycles. The Morgan fingerprint density at radius 1 is 0.880 bits per heavy atom. The molecule has 0 aliphatic heterocycles. The van der Waals surface area contributed by atoms with E-state index in [2.05, 4.69) is 67.7 Å². The van der Waals surface area contributed by atoms with Crippen molar-refractivity contribution in [2.45, 2.75) is 96.9 Å². The fraction of sp³-hybridized carbons (Fsp3) is 0.800. The second-order valence-corrected chi connectivity index (χ2v) is 19.4. The summed E-state index contributed by atoms with van der Waals surface area (Å²) in [5.74, 6) is 0. The van der Waals surface area contributed by atoms with Crippen LogP contribution in [-0.2, 0) is 8.85 Å². The highest BCUT2D eigenvalue weighted by Gasteiger charge is 2.40. The average Bonchev–Trinajstić information content (AvgIpc) is 2.39. The fourth-order valence-corrected chi connectivity index (χ4v) is 3.91. The zero-order valence-electron chi connectivity index (χ0n) is 18.4. The molecular formula is C20H42O3Si2. The van der Waals surface area contributed by atoms with Crippen molar-refractivity contribution in [3.05, 3.63) is 24.3 Å².